The Balaban J connectivity index is 1.49. The highest BCUT2D eigenvalue weighted by Crippen LogP contribution is 2.37. The van der Waals surface area contributed by atoms with Gasteiger partial charge in [0.1, 0.15) is 12.4 Å². The Kier molecular flexibility index (Phi) is 10.9. The maximum absolute atomic E-state index is 11.8. The molecule has 0 saturated carbocycles. The second-order valence-corrected chi connectivity index (χ2v) is 16.6. The smallest absolute Gasteiger partial charge is 0.308 e. The van der Waals surface area contributed by atoms with Gasteiger partial charge in [-0.3, -0.25) is 4.79 Å². The summed E-state index contributed by atoms with van der Waals surface area (Å²) in [5.41, 5.74) is 4.30. The van der Waals surface area contributed by atoms with Crippen LogP contribution in [0.4, 0.5) is 0 Å². The molecule has 4 aromatic rings. The van der Waals surface area contributed by atoms with Gasteiger partial charge < -0.3 is 14.3 Å². The summed E-state index contributed by atoms with van der Waals surface area (Å²) >= 11 is 0. The summed E-state index contributed by atoms with van der Waals surface area (Å²) in [5, 5.41) is 12.1. The summed E-state index contributed by atoms with van der Waals surface area (Å²) in [4.78, 5) is 11.8. The molecule has 0 radical (unpaired) electrons. The van der Waals surface area contributed by atoms with Gasteiger partial charge in [0.05, 0.1) is 18.4 Å². The number of hydrogen-bond donors (Lipinski definition) is 1. The first-order chi connectivity index (χ1) is 21.1. The van der Waals surface area contributed by atoms with E-state index in [0.717, 1.165) is 22.4 Å². The lowest BCUT2D eigenvalue weighted by Gasteiger charge is -2.43. The minimum Gasteiger partial charge on any atom is -0.489 e. The van der Waals surface area contributed by atoms with Crippen LogP contribution in [0, 0.1) is 24.7 Å². The predicted octanol–water partition coefficient (Wildman–Crippen LogP) is 7.87. The van der Waals surface area contributed by atoms with Gasteiger partial charge in [0, 0.05) is 0 Å². The van der Waals surface area contributed by atoms with E-state index in [1.165, 1.54) is 15.9 Å². The monoisotopic (exact) mass is 604 g/mol. The Bertz CT molecular complexity index is 1540. The van der Waals surface area contributed by atoms with Gasteiger partial charge in [0.15, 0.2) is 0 Å². The lowest BCUT2D eigenvalue weighted by atomic mass is 9.84. The molecule has 0 aliphatic rings. The standard InChI is InChI=1S/C39H44O4Si/c1-7-15-37(36(8-2)38(40)41)31-22-24-33(25-23-31)42-27-30-20-21-32(29(3)26-30)28-43-44(39(4,5)6,34-16-11-9-12-17-34)35-18-13-10-14-19-35/h9-14,16-26,36-37H,8,27-28H2,1-6H3,(H,40,41)/t36?,37-/m1/s1. The molecule has 0 aliphatic carbocycles. The fourth-order valence-electron chi connectivity index (χ4n) is 6.02. The molecule has 0 heterocycles. The number of rotatable bonds is 12. The Hall–Kier alpha value is -4.11. The maximum Gasteiger partial charge on any atom is 0.308 e. The Morgan fingerprint density at radius 1 is 0.864 bits per heavy atom. The van der Waals surface area contributed by atoms with E-state index < -0.39 is 20.2 Å². The first kappa shape index (κ1) is 32.8. The summed E-state index contributed by atoms with van der Waals surface area (Å²) < 4.78 is 13.3. The second kappa shape index (κ2) is 14.6. The van der Waals surface area contributed by atoms with E-state index in [9.17, 15) is 9.90 Å². The van der Waals surface area contributed by atoms with Crippen molar-refractivity contribution in [2.45, 2.75) is 72.1 Å². The van der Waals surface area contributed by atoms with Crippen molar-refractivity contribution >= 4 is 24.7 Å². The number of aryl methyl sites for hydroxylation is 1. The highest BCUT2D eigenvalue weighted by atomic mass is 28.4. The minimum absolute atomic E-state index is 0.0822. The van der Waals surface area contributed by atoms with Crippen LogP contribution in [0.2, 0.25) is 5.04 Å². The molecular formula is C39H44O4Si. The third kappa shape index (κ3) is 7.33. The van der Waals surface area contributed by atoms with Gasteiger partial charge in [-0.1, -0.05) is 125 Å². The molecule has 2 atom stereocenters. The summed E-state index contributed by atoms with van der Waals surface area (Å²) in [7, 11) is -2.63. The van der Waals surface area contributed by atoms with E-state index in [2.05, 4.69) is 118 Å². The van der Waals surface area contributed by atoms with Crippen molar-refractivity contribution in [2.75, 3.05) is 0 Å². The fraction of sp³-hybridized carbons (Fsp3) is 0.308. The van der Waals surface area contributed by atoms with Crippen molar-refractivity contribution in [2.24, 2.45) is 5.92 Å². The topological polar surface area (TPSA) is 55.8 Å². The SMILES string of the molecule is CC#C[C@H](c1ccc(OCc2ccc(CO[Si](c3ccccc3)(c3ccccc3)C(C)(C)C)c(C)c2)cc1)C(CC)C(=O)O. The molecular weight excluding hydrogens is 561 g/mol. The molecule has 0 aromatic heterocycles. The van der Waals surface area contributed by atoms with Crippen LogP contribution in [0.5, 0.6) is 5.75 Å². The summed E-state index contributed by atoms with van der Waals surface area (Å²) in [6.07, 6.45) is 0.519. The first-order valence-electron chi connectivity index (χ1n) is 15.3. The van der Waals surface area contributed by atoms with Gasteiger partial charge in [-0.25, -0.2) is 0 Å². The van der Waals surface area contributed by atoms with E-state index in [0.29, 0.717) is 19.6 Å². The third-order valence-electron chi connectivity index (χ3n) is 8.37. The molecule has 1 N–H and O–H groups in total. The molecule has 4 rings (SSSR count). The third-order valence-corrected chi connectivity index (χ3v) is 13.4. The van der Waals surface area contributed by atoms with Gasteiger partial charge in [-0.2, -0.15) is 0 Å². The van der Waals surface area contributed by atoms with Crippen LogP contribution in [0.1, 0.15) is 69.2 Å². The quantitative estimate of drug-likeness (QED) is 0.132. The van der Waals surface area contributed by atoms with Crippen molar-refractivity contribution in [1.29, 1.82) is 0 Å². The predicted molar refractivity (Wildman–Crippen MR) is 182 cm³/mol. The Morgan fingerprint density at radius 3 is 1.93 bits per heavy atom. The van der Waals surface area contributed by atoms with Crippen molar-refractivity contribution in [1.82, 2.24) is 0 Å². The van der Waals surface area contributed by atoms with Gasteiger partial charge in [-0.05, 0) is 70.1 Å². The van der Waals surface area contributed by atoms with Gasteiger partial charge >= 0.3 is 5.97 Å². The molecule has 44 heavy (non-hydrogen) atoms. The highest BCUT2D eigenvalue weighted by Gasteiger charge is 2.50. The zero-order valence-corrected chi connectivity index (χ0v) is 27.8. The van der Waals surface area contributed by atoms with Crippen molar-refractivity contribution in [3.63, 3.8) is 0 Å². The van der Waals surface area contributed by atoms with Crippen molar-refractivity contribution in [3.8, 4) is 17.6 Å². The largest absolute Gasteiger partial charge is 0.489 e. The number of ether oxygens (including phenoxy) is 1. The van der Waals surface area contributed by atoms with E-state index in [1.807, 2.05) is 31.2 Å². The number of benzene rings is 4. The molecule has 0 bridgehead atoms. The normalized spacial score (nSPS) is 13.0. The fourth-order valence-corrected chi connectivity index (χ4v) is 10.5. The average Bonchev–Trinajstić information content (AvgIpc) is 3.01. The van der Waals surface area contributed by atoms with Crippen LogP contribution < -0.4 is 15.1 Å². The molecule has 0 spiro atoms. The Morgan fingerprint density at radius 2 is 1.45 bits per heavy atom. The molecule has 4 aromatic carbocycles. The van der Waals surface area contributed by atoms with Crippen LogP contribution in [0.15, 0.2) is 103 Å². The highest BCUT2D eigenvalue weighted by molar-refractivity contribution is 6.99. The summed E-state index contributed by atoms with van der Waals surface area (Å²) in [6.45, 7) is 13.6. The molecule has 228 valence electrons. The molecule has 1 unspecified atom stereocenters. The summed E-state index contributed by atoms with van der Waals surface area (Å²) in [5.74, 6) is 5.00. The minimum atomic E-state index is -2.63. The lowest BCUT2D eigenvalue weighted by Crippen LogP contribution is -2.66. The second-order valence-electron chi connectivity index (χ2n) is 12.3. The van der Waals surface area contributed by atoms with Gasteiger partial charge in [0.25, 0.3) is 8.32 Å². The molecule has 0 saturated heterocycles. The molecule has 0 fully saturated rings. The first-order valence-corrected chi connectivity index (χ1v) is 17.2. The van der Waals surface area contributed by atoms with Crippen LogP contribution in [0.25, 0.3) is 0 Å². The van der Waals surface area contributed by atoms with Gasteiger partial charge in [-0.15, -0.1) is 5.92 Å². The maximum atomic E-state index is 11.8. The average molecular weight is 605 g/mol. The van der Waals surface area contributed by atoms with E-state index in [4.69, 9.17) is 9.16 Å². The molecule has 0 aliphatic heterocycles. The number of carboxylic acids is 1. The van der Waals surface area contributed by atoms with Crippen LogP contribution in [0.3, 0.4) is 0 Å². The summed E-state index contributed by atoms with van der Waals surface area (Å²) in [6, 6.07) is 35.5. The van der Waals surface area contributed by atoms with Crippen LogP contribution in [-0.4, -0.2) is 19.4 Å². The molecule has 4 nitrogen and oxygen atoms in total. The lowest BCUT2D eigenvalue weighted by molar-refractivity contribution is -0.142. The Labute approximate surface area is 264 Å². The van der Waals surface area contributed by atoms with Gasteiger partial charge in [0.2, 0.25) is 0 Å². The van der Waals surface area contributed by atoms with Crippen LogP contribution >= 0.6 is 0 Å². The van der Waals surface area contributed by atoms with Crippen LogP contribution in [-0.2, 0) is 22.4 Å². The molecule has 0 amide bonds. The van der Waals surface area contributed by atoms with Crippen molar-refractivity contribution < 1.29 is 19.1 Å². The number of hydrogen-bond acceptors (Lipinski definition) is 3. The zero-order chi connectivity index (χ0) is 31.7. The van der Waals surface area contributed by atoms with E-state index in [1.54, 1.807) is 6.92 Å². The number of aliphatic carboxylic acids is 1. The zero-order valence-electron chi connectivity index (χ0n) is 26.8. The number of carboxylic acid groups (broad SMARTS) is 1. The van der Waals surface area contributed by atoms with Crippen molar-refractivity contribution in [3.05, 3.63) is 125 Å². The van der Waals surface area contributed by atoms with E-state index in [-0.39, 0.29) is 11.0 Å². The van der Waals surface area contributed by atoms with E-state index >= 15 is 0 Å². The number of carbonyl (C=O) groups is 1. The molecule has 5 heteroatoms.